The topological polar surface area (TPSA) is 86.2 Å². The van der Waals surface area contributed by atoms with Crippen LogP contribution in [-0.2, 0) is 4.79 Å². The number of nitrogens with one attached hydrogen (secondary N) is 1. The first-order chi connectivity index (χ1) is 21.4. The first kappa shape index (κ1) is 29.6. The molecule has 0 aliphatic carbocycles. The minimum atomic E-state index is -0.962. The van der Waals surface area contributed by atoms with Crippen LogP contribution in [0.4, 0.5) is 14.6 Å². The predicted molar refractivity (Wildman–Crippen MR) is 174 cm³/mol. The fourth-order valence-corrected chi connectivity index (χ4v) is 7.24. The number of likely N-dealkylation sites (N-methyl/N-ethyl adjacent to an activating group) is 1. The van der Waals surface area contributed by atoms with E-state index in [1.54, 1.807) is 18.5 Å². The van der Waals surface area contributed by atoms with E-state index in [0.29, 0.717) is 48.3 Å². The number of nitrogens with zero attached hydrogens (tertiary/aromatic N) is 7. The number of piperidine rings is 1. The van der Waals surface area contributed by atoms with Crippen LogP contribution in [0.1, 0.15) is 36.9 Å². The third-order valence-electron chi connectivity index (χ3n) is 9.99. The highest BCUT2D eigenvalue weighted by atomic mass is 35.5. The van der Waals surface area contributed by atoms with Crippen molar-refractivity contribution in [1.29, 1.82) is 0 Å². The molecular formula is C33H35ClF2N8O. The Morgan fingerprint density at radius 1 is 1.11 bits per heavy atom. The van der Waals surface area contributed by atoms with Crippen LogP contribution in [0.5, 0.6) is 0 Å². The van der Waals surface area contributed by atoms with Crippen LogP contribution >= 0.6 is 11.6 Å². The second kappa shape index (κ2) is 10.5. The molecule has 0 unspecified atom stereocenters. The van der Waals surface area contributed by atoms with E-state index in [2.05, 4.69) is 47.6 Å². The molecule has 0 bridgehead atoms. The summed E-state index contributed by atoms with van der Waals surface area (Å²) in [7, 11) is 4.12. The molecule has 5 heterocycles. The lowest BCUT2D eigenvalue weighted by atomic mass is 9.90. The fourth-order valence-electron chi connectivity index (χ4n) is 6.95. The van der Waals surface area contributed by atoms with Gasteiger partial charge in [-0.15, -0.1) is 0 Å². The number of hydrogen-bond donors (Lipinski definition) is 1. The van der Waals surface area contributed by atoms with E-state index >= 15 is 4.39 Å². The van der Waals surface area contributed by atoms with E-state index in [0.717, 1.165) is 46.0 Å². The number of anilines is 1. The maximum Gasteiger partial charge on any atom is 0.281 e. The molecule has 2 aliphatic rings. The van der Waals surface area contributed by atoms with Gasteiger partial charge < -0.3 is 14.7 Å². The number of halogens is 3. The Kier molecular flexibility index (Phi) is 6.90. The SMILES string of the molecule is C=C(F)C(=O)N1CCC(n2ncc3c(N4CC(C)(N(C)C)C4)nc4c(F)c(-c5c(C)c(C)cc6[nH]ncc56)c(Cl)cc4c32)CC1. The molecule has 1 amide bonds. The molecule has 12 heteroatoms. The van der Waals surface area contributed by atoms with Crippen LogP contribution in [-0.4, -0.2) is 86.5 Å². The molecule has 0 saturated carbocycles. The average molecular weight is 633 g/mol. The van der Waals surface area contributed by atoms with Crippen LogP contribution in [0.2, 0.25) is 5.02 Å². The van der Waals surface area contributed by atoms with Gasteiger partial charge in [0.1, 0.15) is 11.3 Å². The van der Waals surface area contributed by atoms with E-state index in [1.165, 1.54) is 4.90 Å². The van der Waals surface area contributed by atoms with E-state index in [9.17, 15) is 9.18 Å². The van der Waals surface area contributed by atoms with Gasteiger partial charge in [-0.25, -0.2) is 13.8 Å². The Morgan fingerprint density at radius 2 is 1.82 bits per heavy atom. The van der Waals surface area contributed by atoms with Gasteiger partial charge in [-0.2, -0.15) is 10.2 Å². The number of fused-ring (bicyclic) bond motifs is 4. The van der Waals surface area contributed by atoms with Gasteiger partial charge in [0, 0.05) is 48.1 Å². The zero-order valence-electron chi connectivity index (χ0n) is 26.0. The van der Waals surface area contributed by atoms with E-state index in [-0.39, 0.29) is 22.1 Å². The summed E-state index contributed by atoms with van der Waals surface area (Å²) in [6, 6.07) is 3.71. The highest BCUT2D eigenvalue weighted by Gasteiger charge is 2.42. The van der Waals surface area contributed by atoms with Crippen LogP contribution < -0.4 is 4.90 Å². The second-order valence-corrected chi connectivity index (χ2v) is 13.3. The zero-order valence-corrected chi connectivity index (χ0v) is 26.8. The quantitative estimate of drug-likeness (QED) is 0.228. The second-order valence-electron chi connectivity index (χ2n) is 12.9. The van der Waals surface area contributed by atoms with Crippen LogP contribution in [0.15, 0.2) is 36.9 Å². The molecule has 0 atom stereocenters. The molecule has 2 fully saturated rings. The first-order valence-electron chi connectivity index (χ1n) is 15.1. The first-order valence-corrected chi connectivity index (χ1v) is 15.5. The normalized spacial score (nSPS) is 17.2. The number of aromatic amines is 1. The third-order valence-corrected chi connectivity index (χ3v) is 10.3. The van der Waals surface area contributed by atoms with Crippen molar-refractivity contribution in [2.75, 3.05) is 45.2 Å². The lowest BCUT2D eigenvalue weighted by molar-refractivity contribution is -0.129. The van der Waals surface area contributed by atoms with Gasteiger partial charge in [0.05, 0.1) is 45.4 Å². The average Bonchev–Trinajstić information content (AvgIpc) is 3.64. The van der Waals surface area contributed by atoms with Crippen molar-refractivity contribution >= 4 is 56.0 Å². The molecule has 7 rings (SSSR count). The maximum atomic E-state index is 17.1. The molecule has 234 valence electrons. The summed E-state index contributed by atoms with van der Waals surface area (Å²) < 4.78 is 32.6. The Labute approximate surface area is 264 Å². The minimum Gasteiger partial charge on any atom is -0.352 e. The summed E-state index contributed by atoms with van der Waals surface area (Å²) in [4.78, 5) is 23.1. The Morgan fingerprint density at radius 3 is 2.49 bits per heavy atom. The summed E-state index contributed by atoms with van der Waals surface area (Å²) in [6.07, 6.45) is 4.62. The number of carbonyl (C=O) groups is 1. The Hall–Kier alpha value is -4.09. The molecule has 45 heavy (non-hydrogen) atoms. The van der Waals surface area contributed by atoms with Gasteiger partial charge >= 0.3 is 0 Å². The predicted octanol–water partition coefficient (Wildman–Crippen LogP) is 6.32. The van der Waals surface area contributed by atoms with Crippen molar-refractivity contribution in [2.24, 2.45) is 0 Å². The lowest BCUT2D eigenvalue weighted by Gasteiger charge is -2.52. The molecule has 2 saturated heterocycles. The summed E-state index contributed by atoms with van der Waals surface area (Å²) >= 11 is 7.00. The van der Waals surface area contributed by atoms with Gasteiger partial charge in [0.25, 0.3) is 5.91 Å². The van der Waals surface area contributed by atoms with E-state index in [1.807, 2.05) is 24.6 Å². The molecule has 9 nitrogen and oxygen atoms in total. The Balaban J connectivity index is 1.43. The van der Waals surface area contributed by atoms with Crippen molar-refractivity contribution in [3.05, 3.63) is 58.9 Å². The largest absolute Gasteiger partial charge is 0.352 e. The van der Waals surface area contributed by atoms with Crippen molar-refractivity contribution in [2.45, 2.75) is 45.2 Å². The maximum absolute atomic E-state index is 17.1. The van der Waals surface area contributed by atoms with Crippen molar-refractivity contribution < 1.29 is 13.6 Å². The fraction of sp³-hybridized carbons (Fsp3) is 0.394. The molecule has 0 spiro atoms. The highest BCUT2D eigenvalue weighted by molar-refractivity contribution is 6.35. The van der Waals surface area contributed by atoms with Gasteiger partial charge in [-0.3, -0.25) is 14.6 Å². The summed E-state index contributed by atoms with van der Waals surface area (Å²) in [5.41, 5.74) is 4.60. The summed E-state index contributed by atoms with van der Waals surface area (Å²) in [6.45, 7) is 11.5. The molecular weight excluding hydrogens is 598 g/mol. The van der Waals surface area contributed by atoms with Gasteiger partial charge in [0.2, 0.25) is 0 Å². The highest BCUT2D eigenvalue weighted by Crippen LogP contribution is 2.45. The molecule has 0 radical (unpaired) electrons. The number of carbonyl (C=O) groups excluding carboxylic acids is 1. The number of likely N-dealkylation sites (tertiary alicyclic amines) is 1. The number of H-pyrrole nitrogens is 1. The molecule has 2 aromatic carbocycles. The van der Waals surface area contributed by atoms with Gasteiger partial charge in [0.15, 0.2) is 11.6 Å². The van der Waals surface area contributed by atoms with Crippen molar-refractivity contribution in [3.8, 4) is 11.1 Å². The van der Waals surface area contributed by atoms with Crippen molar-refractivity contribution in [1.82, 2.24) is 34.8 Å². The summed E-state index contributed by atoms with van der Waals surface area (Å²) in [5, 5.41) is 14.5. The summed E-state index contributed by atoms with van der Waals surface area (Å²) in [5.74, 6) is -1.47. The number of hydrogen-bond acceptors (Lipinski definition) is 6. The number of benzene rings is 2. The number of amides is 1. The monoisotopic (exact) mass is 632 g/mol. The van der Waals surface area contributed by atoms with Gasteiger partial charge in [-0.1, -0.05) is 18.2 Å². The van der Waals surface area contributed by atoms with Crippen LogP contribution in [0, 0.1) is 19.7 Å². The Bertz CT molecular complexity index is 2040. The van der Waals surface area contributed by atoms with E-state index in [4.69, 9.17) is 21.7 Å². The number of rotatable bonds is 5. The number of pyridine rings is 1. The van der Waals surface area contributed by atoms with Gasteiger partial charge in [-0.05, 0) is 71.0 Å². The van der Waals surface area contributed by atoms with E-state index < -0.39 is 17.6 Å². The van der Waals surface area contributed by atoms with Crippen LogP contribution in [0.3, 0.4) is 0 Å². The molecule has 2 aliphatic heterocycles. The number of aromatic nitrogens is 5. The van der Waals surface area contributed by atoms with Crippen molar-refractivity contribution in [3.63, 3.8) is 0 Å². The zero-order chi connectivity index (χ0) is 31.9. The smallest absolute Gasteiger partial charge is 0.281 e. The number of aryl methyl sites for hydroxylation is 1. The molecule has 3 aromatic heterocycles. The van der Waals surface area contributed by atoms with Crippen LogP contribution in [0.25, 0.3) is 43.8 Å². The molecule has 1 N–H and O–H groups in total. The standard InChI is InChI=1S/C33H35ClF2N8O/c1-17-11-25-22(13-37-40-25)26(18(17)2)27-24(34)12-21-29(28(27)36)39-31(43-15-33(4,16-43)41(5)6)23-14-38-44(30(21)23)20-7-9-42(10-8-20)32(45)19(3)35/h11-14,20H,3,7-10,15-16H2,1-2,4-6H3,(H,37,40). The molecule has 5 aromatic rings. The lowest BCUT2D eigenvalue weighted by Crippen LogP contribution is -2.67. The third kappa shape index (κ3) is 4.50. The minimum absolute atomic E-state index is 0.0476.